The number of rotatable bonds is 7. The summed E-state index contributed by atoms with van der Waals surface area (Å²) in [6.07, 6.45) is 1.86. The van der Waals surface area contributed by atoms with E-state index in [0.717, 1.165) is 24.2 Å². The van der Waals surface area contributed by atoms with Crippen LogP contribution < -0.4 is 5.56 Å². The summed E-state index contributed by atoms with van der Waals surface area (Å²) in [4.78, 5) is 43.2. The highest BCUT2D eigenvalue weighted by Gasteiger charge is 2.22. The maximum atomic E-state index is 12.9. The second-order valence-corrected chi connectivity index (χ2v) is 7.18. The molecule has 136 valence electrons. The SMILES string of the molecule is CCCCN(C)C(=O)Cn1c(C(C)C)nc2scc(C(=O)O)c2c1=O. The van der Waals surface area contributed by atoms with E-state index in [-0.39, 0.29) is 29.3 Å². The predicted molar refractivity (Wildman–Crippen MR) is 97.5 cm³/mol. The van der Waals surface area contributed by atoms with Crippen LogP contribution >= 0.6 is 11.3 Å². The Morgan fingerprint density at radius 2 is 2.08 bits per heavy atom. The fraction of sp³-hybridized carbons (Fsp3) is 0.529. The summed E-state index contributed by atoms with van der Waals surface area (Å²) in [5, 5.41) is 10.8. The minimum Gasteiger partial charge on any atom is -0.478 e. The van der Waals surface area contributed by atoms with Gasteiger partial charge in [0.25, 0.3) is 5.56 Å². The fourth-order valence-corrected chi connectivity index (χ4v) is 3.48. The second kappa shape index (κ2) is 7.77. The van der Waals surface area contributed by atoms with Gasteiger partial charge in [0.1, 0.15) is 17.2 Å². The third-order valence-corrected chi connectivity index (χ3v) is 4.91. The van der Waals surface area contributed by atoms with Gasteiger partial charge in [-0.05, 0) is 6.42 Å². The third-order valence-electron chi connectivity index (χ3n) is 4.04. The Balaban J connectivity index is 2.53. The molecule has 0 atom stereocenters. The molecule has 0 saturated carbocycles. The maximum absolute atomic E-state index is 12.9. The number of amides is 1. The Labute approximate surface area is 149 Å². The van der Waals surface area contributed by atoms with Crippen LogP contribution in [0.3, 0.4) is 0 Å². The Bertz CT molecular complexity index is 853. The summed E-state index contributed by atoms with van der Waals surface area (Å²) in [7, 11) is 1.71. The zero-order valence-corrected chi connectivity index (χ0v) is 15.7. The summed E-state index contributed by atoms with van der Waals surface area (Å²) < 4.78 is 1.32. The van der Waals surface area contributed by atoms with Crippen molar-refractivity contribution in [2.45, 2.75) is 46.1 Å². The van der Waals surface area contributed by atoms with Crippen LogP contribution in [0.15, 0.2) is 10.2 Å². The minimum absolute atomic E-state index is 0.0617. The van der Waals surface area contributed by atoms with Gasteiger partial charge >= 0.3 is 5.97 Å². The van der Waals surface area contributed by atoms with E-state index in [0.29, 0.717) is 17.2 Å². The van der Waals surface area contributed by atoms with Gasteiger partial charge in [-0.3, -0.25) is 14.2 Å². The van der Waals surface area contributed by atoms with Crippen LogP contribution in [-0.4, -0.2) is 45.0 Å². The minimum atomic E-state index is -1.17. The number of carbonyl (C=O) groups is 2. The highest BCUT2D eigenvalue weighted by atomic mass is 32.1. The van der Waals surface area contributed by atoms with Crippen molar-refractivity contribution in [1.82, 2.24) is 14.5 Å². The Morgan fingerprint density at radius 1 is 1.40 bits per heavy atom. The number of fused-ring (bicyclic) bond motifs is 1. The molecule has 0 aromatic carbocycles. The predicted octanol–water partition coefficient (Wildman–Crippen LogP) is 2.54. The van der Waals surface area contributed by atoms with E-state index in [9.17, 15) is 19.5 Å². The molecule has 2 aromatic heterocycles. The zero-order chi connectivity index (χ0) is 18.7. The van der Waals surface area contributed by atoms with Gasteiger partial charge in [-0.2, -0.15) is 0 Å². The van der Waals surface area contributed by atoms with E-state index in [2.05, 4.69) is 4.98 Å². The summed E-state index contributed by atoms with van der Waals surface area (Å²) in [5.74, 6) is -0.930. The monoisotopic (exact) mass is 365 g/mol. The third kappa shape index (κ3) is 3.89. The first-order valence-electron chi connectivity index (χ1n) is 8.27. The number of carboxylic acid groups (broad SMARTS) is 1. The molecular formula is C17H23N3O4S. The molecule has 0 spiro atoms. The average molecular weight is 365 g/mol. The molecule has 0 aliphatic carbocycles. The van der Waals surface area contributed by atoms with Crippen molar-refractivity contribution in [3.05, 3.63) is 27.1 Å². The highest BCUT2D eigenvalue weighted by molar-refractivity contribution is 7.17. The second-order valence-electron chi connectivity index (χ2n) is 6.32. The van der Waals surface area contributed by atoms with Crippen LogP contribution in [0.5, 0.6) is 0 Å². The quantitative estimate of drug-likeness (QED) is 0.814. The fourth-order valence-electron chi connectivity index (χ4n) is 2.57. The van der Waals surface area contributed by atoms with Gasteiger partial charge in [-0.15, -0.1) is 11.3 Å². The summed E-state index contributed by atoms with van der Waals surface area (Å²) in [6.45, 7) is 6.31. The Hall–Kier alpha value is -2.22. The van der Waals surface area contributed by atoms with E-state index in [4.69, 9.17) is 0 Å². The first kappa shape index (κ1) is 19.1. The van der Waals surface area contributed by atoms with E-state index in [1.165, 1.54) is 9.95 Å². The van der Waals surface area contributed by atoms with Crippen molar-refractivity contribution in [2.24, 2.45) is 0 Å². The van der Waals surface area contributed by atoms with Crippen molar-refractivity contribution < 1.29 is 14.7 Å². The Morgan fingerprint density at radius 3 is 2.64 bits per heavy atom. The van der Waals surface area contributed by atoms with E-state index < -0.39 is 11.5 Å². The highest BCUT2D eigenvalue weighted by Crippen LogP contribution is 2.23. The topological polar surface area (TPSA) is 92.5 Å². The van der Waals surface area contributed by atoms with Gasteiger partial charge in [-0.25, -0.2) is 9.78 Å². The first-order chi connectivity index (χ1) is 11.8. The normalized spacial score (nSPS) is 11.2. The molecule has 2 heterocycles. The first-order valence-corrected chi connectivity index (χ1v) is 9.15. The van der Waals surface area contributed by atoms with Gasteiger partial charge in [0.2, 0.25) is 5.91 Å². The van der Waals surface area contributed by atoms with Gasteiger partial charge in [0, 0.05) is 24.9 Å². The molecule has 1 amide bonds. The lowest BCUT2D eigenvalue weighted by atomic mass is 10.1. The molecule has 25 heavy (non-hydrogen) atoms. The molecule has 0 aliphatic heterocycles. The number of hydrogen-bond donors (Lipinski definition) is 1. The molecule has 7 nitrogen and oxygen atoms in total. The van der Waals surface area contributed by atoms with Crippen LogP contribution in [0.2, 0.25) is 0 Å². The molecule has 2 aromatic rings. The van der Waals surface area contributed by atoms with Crippen molar-refractivity contribution >= 4 is 33.4 Å². The van der Waals surface area contributed by atoms with Crippen LogP contribution in [0.25, 0.3) is 10.2 Å². The lowest BCUT2D eigenvalue weighted by Gasteiger charge is -2.20. The molecule has 2 rings (SSSR count). The maximum Gasteiger partial charge on any atom is 0.337 e. The Kier molecular flexibility index (Phi) is 5.94. The average Bonchev–Trinajstić information content (AvgIpc) is 2.99. The van der Waals surface area contributed by atoms with Crippen LogP contribution in [0.4, 0.5) is 0 Å². The summed E-state index contributed by atoms with van der Waals surface area (Å²) >= 11 is 1.13. The number of hydrogen-bond acceptors (Lipinski definition) is 5. The van der Waals surface area contributed by atoms with E-state index in [1.54, 1.807) is 11.9 Å². The number of thiophene rings is 1. The zero-order valence-electron chi connectivity index (χ0n) is 14.9. The van der Waals surface area contributed by atoms with E-state index >= 15 is 0 Å². The molecular weight excluding hydrogens is 342 g/mol. The number of likely N-dealkylation sites (N-methyl/N-ethyl adjacent to an activating group) is 1. The summed E-state index contributed by atoms with van der Waals surface area (Å²) in [5.41, 5.74) is -0.530. The standard InChI is InChI=1S/C17H23N3O4S/c1-5-6-7-19(4)12(21)8-20-14(10(2)3)18-15-13(16(20)22)11(9-25-15)17(23)24/h9-10H,5-8H2,1-4H3,(H,23,24). The van der Waals surface area contributed by atoms with Crippen molar-refractivity contribution in [1.29, 1.82) is 0 Å². The van der Waals surface area contributed by atoms with Gasteiger partial charge in [-0.1, -0.05) is 27.2 Å². The number of carboxylic acids is 1. The molecule has 0 fully saturated rings. The van der Waals surface area contributed by atoms with Gasteiger partial charge in [0.15, 0.2) is 0 Å². The van der Waals surface area contributed by atoms with Crippen LogP contribution in [0.1, 0.15) is 55.7 Å². The lowest BCUT2D eigenvalue weighted by molar-refractivity contribution is -0.130. The van der Waals surface area contributed by atoms with Crippen LogP contribution in [-0.2, 0) is 11.3 Å². The number of carbonyl (C=O) groups excluding carboxylic acids is 1. The summed E-state index contributed by atoms with van der Waals surface area (Å²) in [6, 6.07) is 0. The molecule has 0 radical (unpaired) electrons. The molecule has 0 unspecified atom stereocenters. The molecule has 0 aliphatic rings. The molecule has 0 bridgehead atoms. The molecule has 1 N–H and O–H groups in total. The molecule has 0 saturated heterocycles. The van der Waals surface area contributed by atoms with Crippen molar-refractivity contribution in [2.75, 3.05) is 13.6 Å². The largest absolute Gasteiger partial charge is 0.478 e. The smallest absolute Gasteiger partial charge is 0.337 e. The van der Waals surface area contributed by atoms with E-state index in [1.807, 2.05) is 20.8 Å². The van der Waals surface area contributed by atoms with Gasteiger partial charge < -0.3 is 10.0 Å². The number of unbranched alkanes of at least 4 members (excludes halogenated alkanes) is 1. The number of aromatic carboxylic acids is 1. The lowest BCUT2D eigenvalue weighted by Crippen LogP contribution is -2.36. The number of aromatic nitrogens is 2. The number of nitrogens with zero attached hydrogens (tertiary/aromatic N) is 3. The van der Waals surface area contributed by atoms with Crippen LogP contribution in [0, 0.1) is 0 Å². The van der Waals surface area contributed by atoms with Crippen molar-refractivity contribution in [3.8, 4) is 0 Å². The van der Waals surface area contributed by atoms with Crippen molar-refractivity contribution in [3.63, 3.8) is 0 Å². The molecule has 8 heteroatoms. The van der Waals surface area contributed by atoms with Gasteiger partial charge in [0.05, 0.1) is 10.9 Å².